The van der Waals surface area contributed by atoms with E-state index >= 15 is 0 Å². The van der Waals surface area contributed by atoms with E-state index in [1.807, 2.05) is 0 Å². The summed E-state index contributed by atoms with van der Waals surface area (Å²) in [5, 5.41) is 3.19. The summed E-state index contributed by atoms with van der Waals surface area (Å²) in [6.07, 6.45) is 1.39. The lowest BCUT2D eigenvalue weighted by molar-refractivity contribution is 0.199. The largest absolute Gasteiger partial charge is 0.443 e. The molecule has 1 heterocycles. The highest BCUT2D eigenvalue weighted by atomic mass is 19.1. The molecule has 0 amide bonds. The first-order chi connectivity index (χ1) is 8.81. The van der Waals surface area contributed by atoms with E-state index < -0.39 is 0 Å². The molecular weight excluding hydrogens is 235 g/mol. The number of benzene rings is 1. The molecule has 5 heteroatoms. The molecule has 96 valence electrons. The second kappa shape index (κ2) is 6.28. The highest BCUT2D eigenvalue weighted by Gasteiger charge is 2.10. The quantitative estimate of drug-likeness (QED) is 0.798. The fraction of sp³-hybridized carbons (Fsp3) is 0.308. The predicted octanol–water partition coefficient (Wildman–Crippen LogP) is 2.22. The summed E-state index contributed by atoms with van der Waals surface area (Å²) in [7, 11) is 1.65. The van der Waals surface area contributed by atoms with E-state index in [-0.39, 0.29) is 5.82 Å². The van der Waals surface area contributed by atoms with Gasteiger partial charge in [0, 0.05) is 25.8 Å². The molecule has 0 aliphatic carbocycles. The van der Waals surface area contributed by atoms with E-state index in [0.717, 1.165) is 17.8 Å². The summed E-state index contributed by atoms with van der Waals surface area (Å²) < 4.78 is 23.1. The first-order valence-electron chi connectivity index (χ1n) is 5.69. The van der Waals surface area contributed by atoms with Gasteiger partial charge in [0.15, 0.2) is 12.2 Å². The van der Waals surface area contributed by atoms with E-state index in [9.17, 15) is 4.39 Å². The van der Waals surface area contributed by atoms with Gasteiger partial charge in [0.2, 0.25) is 0 Å². The zero-order valence-electron chi connectivity index (χ0n) is 10.1. The molecule has 1 aromatic heterocycles. The molecule has 4 nitrogen and oxygen atoms in total. The van der Waals surface area contributed by atoms with Crippen LogP contribution in [0.15, 0.2) is 35.1 Å². The Morgan fingerprint density at radius 1 is 1.33 bits per heavy atom. The molecule has 0 fully saturated rings. The maximum Gasteiger partial charge on any atom is 0.181 e. The first kappa shape index (κ1) is 12.7. The fourth-order valence-electron chi connectivity index (χ4n) is 1.61. The lowest BCUT2D eigenvalue weighted by Crippen LogP contribution is -2.19. The first-order valence-corrected chi connectivity index (χ1v) is 5.69. The number of ether oxygens (including phenoxy) is 1. The lowest BCUT2D eigenvalue weighted by Gasteiger charge is -2.03. The Morgan fingerprint density at radius 2 is 2.11 bits per heavy atom. The Balaban J connectivity index is 2.05. The molecule has 1 N–H and O–H groups in total. The topological polar surface area (TPSA) is 47.3 Å². The second-order valence-corrected chi connectivity index (χ2v) is 3.80. The summed E-state index contributed by atoms with van der Waals surface area (Å²) in [4.78, 5) is 4.15. The minimum atomic E-state index is -0.266. The average molecular weight is 250 g/mol. The number of nitrogens with zero attached hydrogens (tertiary/aromatic N) is 1. The van der Waals surface area contributed by atoms with Gasteiger partial charge in [-0.15, -0.1) is 0 Å². The summed E-state index contributed by atoms with van der Waals surface area (Å²) in [6.45, 7) is 1.97. The number of halogens is 1. The van der Waals surface area contributed by atoms with Gasteiger partial charge in [-0.25, -0.2) is 9.37 Å². The molecule has 0 aliphatic heterocycles. The van der Waals surface area contributed by atoms with E-state index in [1.54, 1.807) is 19.2 Å². The van der Waals surface area contributed by atoms with Gasteiger partial charge in [0.1, 0.15) is 11.5 Å². The third-order valence-corrected chi connectivity index (χ3v) is 2.52. The Hall–Kier alpha value is -1.72. The molecule has 0 bridgehead atoms. The van der Waals surface area contributed by atoms with Crippen molar-refractivity contribution in [3.05, 3.63) is 42.2 Å². The van der Waals surface area contributed by atoms with Crippen LogP contribution in [0.25, 0.3) is 11.3 Å². The van der Waals surface area contributed by atoms with Gasteiger partial charge < -0.3 is 14.5 Å². The molecule has 1 aromatic carbocycles. The summed E-state index contributed by atoms with van der Waals surface area (Å²) in [6, 6.07) is 6.16. The number of oxazole rings is 1. The van der Waals surface area contributed by atoms with Gasteiger partial charge in [-0.1, -0.05) is 0 Å². The smallest absolute Gasteiger partial charge is 0.181 e. The Morgan fingerprint density at radius 3 is 2.83 bits per heavy atom. The second-order valence-electron chi connectivity index (χ2n) is 3.80. The van der Waals surface area contributed by atoms with Crippen molar-refractivity contribution >= 4 is 0 Å². The Kier molecular flexibility index (Phi) is 4.44. The molecule has 0 atom stereocenters. The van der Waals surface area contributed by atoms with Crippen LogP contribution in [0.5, 0.6) is 0 Å². The fourth-order valence-corrected chi connectivity index (χ4v) is 1.61. The molecule has 0 spiro atoms. The standard InChI is InChI=1S/C13H15FN2O2/c1-17-7-6-15-8-12-13(18-9-16-12)10-2-4-11(14)5-3-10/h2-5,9,15H,6-8H2,1H3. The number of aromatic nitrogens is 1. The summed E-state index contributed by atoms with van der Waals surface area (Å²) in [5.41, 5.74) is 1.62. The predicted molar refractivity (Wildman–Crippen MR) is 65.5 cm³/mol. The maximum atomic E-state index is 12.8. The highest BCUT2D eigenvalue weighted by Crippen LogP contribution is 2.23. The third-order valence-electron chi connectivity index (χ3n) is 2.52. The Bertz CT molecular complexity index is 482. The third kappa shape index (κ3) is 3.15. The van der Waals surface area contributed by atoms with Crippen LogP contribution >= 0.6 is 0 Å². The van der Waals surface area contributed by atoms with Gasteiger partial charge in [0.25, 0.3) is 0 Å². The SMILES string of the molecule is COCCNCc1ncoc1-c1ccc(F)cc1. The number of rotatable bonds is 6. The maximum absolute atomic E-state index is 12.8. The average Bonchev–Trinajstić information content (AvgIpc) is 2.84. The number of hydrogen-bond donors (Lipinski definition) is 1. The van der Waals surface area contributed by atoms with Crippen LogP contribution in [0.4, 0.5) is 4.39 Å². The van der Waals surface area contributed by atoms with E-state index in [1.165, 1.54) is 18.5 Å². The number of hydrogen-bond acceptors (Lipinski definition) is 4. The molecule has 18 heavy (non-hydrogen) atoms. The van der Waals surface area contributed by atoms with Gasteiger partial charge in [-0.3, -0.25) is 0 Å². The van der Waals surface area contributed by atoms with Crippen molar-refractivity contribution in [2.24, 2.45) is 0 Å². The zero-order valence-corrected chi connectivity index (χ0v) is 10.1. The number of methoxy groups -OCH3 is 1. The molecule has 0 aliphatic rings. The van der Waals surface area contributed by atoms with Crippen molar-refractivity contribution in [1.82, 2.24) is 10.3 Å². The minimum absolute atomic E-state index is 0.266. The normalized spacial score (nSPS) is 10.8. The van der Waals surface area contributed by atoms with Crippen molar-refractivity contribution in [3.63, 3.8) is 0 Å². The van der Waals surface area contributed by atoms with Crippen molar-refractivity contribution in [2.75, 3.05) is 20.3 Å². The van der Waals surface area contributed by atoms with Crippen LogP contribution in [0.3, 0.4) is 0 Å². The molecule has 0 saturated heterocycles. The minimum Gasteiger partial charge on any atom is -0.443 e. The monoisotopic (exact) mass is 250 g/mol. The van der Waals surface area contributed by atoms with E-state index in [2.05, 4.69) is 10.3 Å². The van der Waals surface area contributed by atoms with Crippen molar-refractivity contribution in [1.29, 1.82) is 0 Å². The summed E-state index contributed by atoms with van der Waals surface area (Å²) in [5.74, 6) is 0.401. The van der Waals surface area contributed by atoms with Gasteiger partial charge in [-0.2, -0.15) is 0 Å². The zero-order chi connectivity index (χ0) is 12.8. The molecular formula is C13H15FN2O2. The molecule has 0 radical (unpaired) electrons. The highest BCUT2D eigenvalue weighted by molar-refractivity contribution is 5.59. The van der Waals surface area contributed by atoms with Crippen LogP contribution in [0, 0.1) is 5.82 Å². The van der Waals surface area contributed by atoms with Crippen LogP contribution < -0.4 is 5.32 Å². The van der Waals surface area contributed by atoms with Crippen molar-refractivity contribution in [3.8, 4) is 11.3 Å². The molecule has 0 unspecified atom stereocenters. The van der Waals surface area contributed by atoms with Crippen molar-refractivity contribution < 1.29 is 13.5 Å². The van der Waals surface area contributed by atoms with Gasteiger partial charge in [0.05, 0.1) is 6.61 Å². The molecule has 0 saturated carbocycles. The van der Waals surface area contributed by atoms with Crippen LogP contribution in [-0.4, -0.2) is 25.2 Å². The van der Waals surface area contributed by atoms with Gasteiger partial charge in [-0.05, 0) is 24.3 Å². The van der Waals surface area contributed by atoms with E-state index in [4.69, 9.17) is 9.15 Å². The molecule has 2 rings (SSSR count). The van der Waals surface area contributed by atoms with Crippen LogP contribution in [0.2, 0.25) is 0 Å². The summed E-state index contributed by atoms with van der Waals surface area (Å²) >= 11 is 0. The lowest BCUT2D eigenvalue weighted by atomic mass is 10.1. The molecule has 2 aromatic rings. The van der Waals surface area contributed by atoms with Gasteiger partial charge >= 0.3 is 0 Å². The van der Waals surface area contributed by atoms with Crippen molar-refractivity contribution in [2.45, 2.75) is 6.54 Å². The number of nitrogens with one attached hydrogen (secondary N) is 1. The van der Waals surface area contributed by atoms with Crippen LogP contribution in [-0.2, 0) is 11.3 Å². The van der Waals surface area contributed by atoms with E-state index in [0.29, 0.717) is 18.9 Å². The Labute approximate surface area is 105 Å². The van der Waals surface area contributed by atoms with Crippen LogP contribution in [0.1, 0.15) is 5.69 Å².